The summed E-state index contributed by atoms with van der Waals surface area (Å²) in [7, 11) is -1.14. The maximum Gasteiger partial charge on any atom is 0.153 e. The summed E-state index contributed by atoms with van der Waals surface area (Å²) in [5.41, 5.74) is 1.39. The van der Waals surface area contributed by atoms with Gasteiger partial charge in [0.2, 0.25) is 0 Å². The van der Waals surface area contributed by atoms with Crippen LogP contribution >= 0.6 is 0 Å². The van der Waals surface area contributed by atoms with Gasteiger partial charge in [0.05, 0.1) is 11.5 Å². The Morgan fingerprint density at radius 1 is 1.32 bits per heavy atom. The number of benzene rings is 1. The molecule has 1 atom stereocenters. The van der Waals surface area contributed by atoms with Gasteiger partial charge in [-0.25, -0.2) is 12.8 Å². The van der Waals surface area contributed by atoms with Crippen LogP contribution < -0.4 is 10.2 Å². The van der Waals surface area contributed by atoms with E-state index in [0.29, 0.717) is 18.7 Å². The lowest BCUT2D eigenvalue weighted by atomic mass is 10.0. The predicted molar refractivity (Wildman–Crippen MR) is 74.7 cm³/mol. The molecule has 1 aliphatic heterocycles. The fourth-order valence-electron chi connectivity index (χ4n) is 2.33. The van der Waals surface area contributed by atoms with E-state index in [0.717, 1.165) is 5.69 Å². The van der Waals surface area contributed by atoms with Crippen LogP contribution in [0, 0.1) is 5.82 Å². The third-order valence-electron chi connectivity index (χ3n) is 3.58. The molecular weight excluding hydrogens is 267 g/mol. The van der Waals surface area contributed by atoms with E-state index >= 15 is 0 Å². The molecule has 0 saturated carbocycles. The van der Waals surface area contributed by atoms with Crippen molar-refractivity contribution in [3.05, 3.63) is 29.6 Å². The summed E-state index contributed by atoms with van der Waals surface area (Å²) in [6.45, 7) is 2.74. The van der Waals surface area contributed by atoms with Crippen molar-refractivity contribution < 1.29 is 12.8 Å². The molecule has 1 saturated heterocycles. The molecule has 0 bridgehead atoms. The van der Waals surface area contributed by atoms with Crippen LogP contribution in [0.3, 0.4) is 0 Å². The van der Waals surface area contributed by atoms with Gasteiger partial charge >= 0.3 is 0 Å². The summed E-state index contributed by atoms with van der Waals surface area (Å²) < 4.78 is 36.9. The average molecular weight is 286 g/mol. The zero-order valence-corrected chi connectivity index (χ0v) is 12.0. The highest BCUT2D eigenvalue weighted by Crippen LogP contribution is 2.29. The third-order valence-corrected chi connectivity index (χ3v) is 5.19. The van der Waals surface area contributed by atoms with E-state index in [1.807, 2.05) is 17.9 Å². The highest BCUT2D eigenvalue weighted by atomic mass is 32.2. The van der Waals surface area contributed by atoms with E-state index in [4.69, 9.17) is 0 Å². The van der Waals surface area contributed by atoms with E-state index in [1.165, 1.54) is 6.07 Å². The number of hydrogen-bond acceptors (Lipinski definition) is 4. The highest BCUT2D eigenvalue weighted by Gasteiger charge is 2.25. The molecule has 1 aliphatic rings. The number of sulfone groups is 1. The summed E-state index contributed by atoms with van der Waals surface area (Å²) >= 11 is 0. The average Bonchev–Trinajstić information content (AvgIpc) is 2.37. The van der Waals surface area contributed by atoms with E-state index < -0.39 is 9.84 Å². The Morgan fingerprint density at radius 2 is 1.95 bits per heavy atom. The van der Waals surface area contributed by atoms with Gasteiger partial charge in [0.15, 0.2) is 9.84 Å². The molecule has 106 valence electrons. The molecule has 4 nitrogen and oxygen atoms in total. The molecule has 1 heterocycles. The number of halogens is 1. The Balaban J connectivity index is 2.33. The molecule has 1 fully saturated rings. The van der Waals surface area contributed by atoms with Crippen LogP contribution in [0.25, 0.3) is 0 Å². The first kappa shape index (κ1) is 14.3. The van der Waals surface area contributed by atoms with Gasteiger partial charge in [0.1, 0.15) is 5.82 Å². The number of nitrogens with one attached hydrogen (secondary N) is 1. The Kier molecular flexibility index (Phi) is 4.10. The lowest BCUT2D eigenvalue weighted by molar-refractivity contribution is 0.558. The molecule has 1 unspecified atom stereocenters. The molecule has 0 amide bonds. The molecule has 2 rings (SSSR count). The van der Waals surface area contributed by atoms with Crippen molar-refractivity contribution in [2.75, 3.05) is 36.5 Å². The van der Waals surface area contributed by atoms with Crippen molar-refractivity contribution >= 4 is 15.5 Å². The third kappa shape index (κ3) is 3.06. The van der Waals surface area contributed by atoms with Gasteiger partial charge < -0.3 is 10.2 Å². The van der Waals surface area contributed by atoms with Crippen LogP contribution in [0.1, 0.15) is 18.5 Å². The molecular formula is C13H19FN2O2S. The van der Waals surface area contributed by atoms with Gasteiger partial charge in [-0.05, 0) is 26.1 Å². The van der Waals surface area contributed by atoms with Gasteiger partial charge in [-0.15, -0.1) is 0 Å². The summed E-state index contributed by atoms with van der Waals surface area (Å²) in [5, 5.41) is 3.03. The highest BCUT2D eigenvalue weighted by molar-refractivity contribution is 7.91. The quantitative estimate of drug-likeness (QED) is 0.911. The Bertz CT molecular complexity index is 546. The zero-order chi connectivity index (χ0) is 14.0. The van der Waals surface area contributed by atoms with E-state index in [-0.39, 0.29) is 23.4 Å². The number of hydrogen-bond donors (Lipinski definition) is 1. The SMILES string of the molecule is CNC(C)c1c(F)cccc1N1CCS(=O)(=O)CC1. The lowest BCUT2D eigenvalue weighted by Gasteiger charge is -2.31. The first-order valence-electron chi connectivity index (χ1n) is 6.35. The van der Waals surface area contributed by atoms with Crippen molar-refractivity contribution in [2.45, 2.75) is 13.0 Å². The fraction of sp³-hybridized carbons (Fsp3) is 0.538. The van der Waals surface area contributed by atoms with E-state index in [1.54, 1.807) is 13.1 Å². The fourth-order valence-corrected chi connectivity index (χ4v) is 3.53. The second-order valence-electron chi connectivity index (χ2n) is 4.82. The molecule has 1 aromatic carbocycles. The summed E-state index contributed by atoms with van der Waals surface area (Å²) in [5.74, 6) is 0.0149. The van der Waals surface area contributed by atoms with Crippen molar-refractivity contribution in [1.82, 2.24) is 5.32 Å². The van der Waals surface area contributed by atoms with Gasteiger partial charge in [-0.2, -0.15) is 0 Å². The van der Waals surface area contributed by atoms with Crippen molar-refractivity contribution in [3.8, 4) is 0 Å². The number of rotatable bonds is 3. The summed E-state index contributed by atoms with van der Waals surface area (Å²) in [6.07, 6.45) is 0. The number of anilines is 1. The molecule has 1 N–H and O–H groups in total. The van der Waals surface area contributed by atoms with Crippen LogP contribution in [0.4, 0.5) is 10.1 Å². The molecule has 1 aromatic rings. The van der Waals surface area contributed by atoms with Gasteiger partial charge in [0, 0.05) is 30.4 Å². The van der Waals surface area contributed by atoms with Gasteiger partial charge in [-0.1, -0.05) is 6.07 Å². The van der Waals surface area contributed by atoms with Gasteiger partial charge in [-0.3, -0.25) is 0 Å². The predicted octanol–water partition coefficient (Wildman–Crippen LogP) is 1.34. The normalized spacial score (nSPS) is 20.3. The van der Waals surface area contributed by atoms with Crippen LogP contribution in [-0.4, -0.2) is 40.1 Å². The molecule has 19 heavy (non-hydrogen) atoms. The minimum atomic E-state index is -2.92. The molecule has 0 spiro atoms. The number of nitrogens with zero attached hydrogens (tertiary/aromatic N) is 1. The first-order valence-corrected chi connectivity index (χ1v) is 8.18. The van der Waals surface area contributed by atoms with Crippen molar-refractivity contribution in [3.63, 3.8) is 0 Å². The van der Waals surface area contributed by atoms with Crippen molar-refractivity contribution in [1.29, 1.82) is 0 Å². The maximum absolute atomic E-state index is 14.0. The maximum atomic E-state index is 14.0. The van der Waals surface area contributed by atoms with E-state index in [2.05, 4.69) is 5.32 Å². The standard InChI is InChI=1S/C13H19FN2O2S/c1-10(15-2)13-11(14)4-3-5-12(13)16-6-8-19(17,18)9-7-16/h3-5,10,15H,6-9H2,1-2H3. The van der Waals surface area contributed by atoms with Crippen LogP contribution in [0.15, 0.2) is 18.2 Å². The first-order chi connectivity index (χ1) is 8.94. The molecule has 0 radical (unpaired) electrons. The molecule has 0 aromatic heterocycles. The van der Waals surface area contributed by atoms with E-state index in [9.17, 15) is 12.8 Å². The second kappa shape index (κ2) is 5.46. The Hall–Kier alpha value is -1.14. The zero-order valence-electron chi connectivity index (χ0n) is 11.2. The second-order valence-corrected chi connectivity index (χ2v) is 7.13. The molecule has 0 aliphatic carbocycles. The van der Waals surface area contributed by atoms with Crippen LogP contribution in [0.2, 0.25) is 0 Å². The smallest absolute Gasteiger partial charge is 0.153 e. The topological polar surface area (TPSA) is 49.4 Å². The largest absolute Gasteiger partial charge is 0.369 e. The minimum absolute atomic E-state index is 0.116. The lowest BCUT2D eigenvalue weighted by Crippen LogP contribution is -2.41. The Morgan fingerprint density at radius 3 is 2.53 bits per heavy atom. The summed E-state index contributed by atoms with van der Waals surface area (Å²) in [6, 6.07) is 4.84. The summed E-state index contributed by atoms with van der Waals surface area (Å²) in [4.78, 5) is 1.95. The minimum Gasteiger partial charge on any atom is -0.369 e. The monoisotopic (exact) mass is 286 g/mol. The van der Waals surface area contributed by atoms with Crippen molar-refractivity contribution in [2.24, 2.45) is 0 Å². The van der Waals surface area contributed by atoms with Crippen LogP contribution in [-0.2, 0) is 9.84 Å². The Labute approximate surface area is 113 Å². The molecule has 6 heteroatoms. The van der Waals surface area contributed by atoms with Gasteiger partial charge in [0.25, 0.3) is 0 Å². The van der Waals surface area contributed by atoms with Crippen LogP contribution in [0.5, 0.6) is 0 Å².